The molecule has 234 valence electrons. The van der Waals surface area contributed by atoms with E-state index < -0.39 is 16.9 Å². The molecule has 0 unspecified atom stereocenters. The number of fused-ring (bicyclic) bond motifs is 1. The second-order valence-corrected chi connectivity index (χ2v) is 14.4. The number of nitrogens with one attached hydrogen (secondary N) is 2. The van der Waals surface area contributed by atoms with Crippen LogP contribution in [0.5, 0.6) is 0 Å². The number of aryl methyl sites for hydroxylation is 1. The highest BCUT2D eigenvalue weighted by Crippen LogP contribution is 2.55. The average molecular weight is 710 g/mol. The number of amides is 3. The lowest BCUT2D eigenvalue weighted by atomic mass is 9.89. The molecule has 2 saturated heterocycles. The Kier molecular flexibility index (Phi) is 9.17. The summed E-state index contributed by atoms with van der Waals surface area (Å²) in [5.74, 6) is -0.177. The second kappa shape index (κ2) is 13.1. The number of H-pyrrole nitrogens is 1. The number of benzene rings is 3. The van der Waals surface area contributed by atoms with E-state index in [0.717, 1.165) is 37.0 Å². The van der Waals surface area contributed by atoms with E-state index in [1.165, 1.54) is 18.8 Å². The van der Waals surface area contributed by atoms with Crippen molar-refractivity contribution >= 4 is 68.1 Å². The highest BCUT2D eigenvalue weighted by molar-refractivity contribution is 9.10. The Morgan fingerprint density at radius 2 is 1.80 bits per heavy atom. The van der Waals surface area contributed by atoms with Crippen molar-refractivity contribution in [2.45, 2.75) is 54.5 Å². The van der Waals surface area contributed by atoms with Gasteiger partial charge in [-0.15, -0.1) is 11.8 Å². The number of likely N-dealkylation sites (tertiary alicyclic amines) is 2. The summed E-state index contributed by atoms with van der Waals surface area (Å²) in [6.45, 7) is 3.23. The maximum atomic E-state index is 15.0. The monoisotopic (exact) mass is 708 g/mol. The van der Waals surface area contributed by atoms with E-state index >= 15 is 4.79 Å². The van der Waals surface area contributed by atoms with Crippen molar-refractivity contribution in [1.29, 1.82) is 0 Å². The normalized spacial score (nSPS) is 20.5. The minimum Gasteiger partial charge on any atom is -0.446 e. The summed E-state index contributed by atoms with van der Waals surface area (Å²) in [4.78, 5) is 49.1. The Labute approximate surface area is 279 Å². The molecule has 0 saturated carbocycles. The predicted octanol–water partition coefficient (Wildman–Crippen LogP) is 7.24. The topological polar surface area (TPSA) is 94.7 Å². The van der Waals surface area contributed by atoms with Crippen molar-refractivity contribution in [3.05, 3.63) is 99.1 Å². The zero-order chi connectivity index (χ0) is 31.7. The molecule has 2 atom stereocenters. The molecule has 0 aliphatic carbocycles. The van der Waals surface area contributed by atoms with Crippen LogP contribution < -0.4 is 5.32 Å². The van der Waals surface area contributed by atoms with Gasteiger partial charge in [0.2, 0.25) is 11.8 Å². The van der Waals surface area contributed by atoms with Crippen molar-refractivity contribution in [2.75, 3.05) is 20.1 Å². The van der Waals surface area contributed by atoms with Crippen LogP contribution in [-0.4, -0.2) is 63.7 Å². The highest BCUT2D eigenvalue weighted by atomic mass is 79.9. The fourth-order valence-electron chi connectivity index (χ4n) is 6.35. The number of hydrogen-bond donors (Lipinski definition) is 2. The lowest BCUT2D eigenvalue weighted by Crippen LogP contribution is -2.53. The van der Waals surface area contributed by atoms with Crippen molar-refractivity contribution in [3.8, 4) is 0 Å². The van der Waals surface area contributed by atoms with Crippen LogP contribution in [0.3, 0.4) is 0 Å². The molecule has 2 N–H and O–H groups in total. The molecule has 3 amide bonds. The van der Waals surface area contributed by atoms with E-state index in [4.69, 9.17) is 16.3 Å². The molecule has 8 nitrogen and oxygen atoms in total. The van der Waals surface area contributed by atoms with Gasteiger partial charge >= 0.3 is 6.09 Å². The SMILES string of the molecule is CNC(=O)OC1CCN(C(=O)[C@]2(Sc3ccc(C)cc3)CC(=O)N(Cc3ccc(Br)cc3)[C@H]2c2c[nH]c3cc(Cl)ccc23)CC1. The molecule has 4 aromatic rings. The van der Waals surface area contributed by atoms with Crippen LogP contribution in [0.4, 0.5) is 4.79 Å². The van der Waals surface area contributed by atoms with Gasteiger partial charge in [-0.25, -0.2) is 4.79 Å². The standard InChI is InChI=1S/C34H34BrClN4O4S/c1-21-3-10-26(11-4-21)45-34(32(42)39-15-13-25(14-16-39)44-33(43)37-2)18-30(41)40(20-22-5-7-23(35)8-6-22)31(34)28-19-38-29-17-24(36)9-12-27(28)29/h3-12,17,19,25,31,38H,13-16,18,20H2,1-2H3,(H,37,43)/t31-,34-/m0/s1. The third-order valence-corrected chi connectivity index (χ3v) is 10.8. The number of ether oxygens (including phenoxy) is 1. The fourth-order valence-corrected chi connectivity index (χ4v) is 8.26. The lowest BCUT2D eigenvalue weighted by molar-refractivity contribution is -0.136. The summed E-state index contributed by atoms with van der Waals surface area (Å²) in [6, 6.07) is 21.1. The lowest BCUT2D eigenvalue weighted by Gasteiger charge is -2.41. The number of aromatic amines is 1. The zero-order valence-corrected chi connectivity index (χ0v) is 28.2. The van der Waals surface area contributed by atoms with Crippen LogP contribution in [-0.2, 0) is 20.9 Å². The molecule has 11 heteroatoms. The number of nitrogens with zero attached hydrogens (tertiary/aromatic N) is 2. The minimum absolute atomic E-state index is 0.0422. The summed E-state index contributed by atoms with van der Waals surface area (Å²) in [5.41, 5.74) is 3.79. The molecule has 6 rings (SSSR count). The van der Waals surface area contributed by atoms with E-state index in [2.05, 4.69) is 26.2 Å². The Balaban J connectivity index is 1.45. The molecule has 0 spiro atoms. The van der Waals surface area contributed by atoms with E-state index in [1.807, 2.05) is 89.7 Å². The maximum Gasteiger partial charge on any atom is 0.407 e. The van der Waals surface area contributed by atoms with Gasteiger partial charge < -0.3 is 24.8 Å². The molecule has 0 bridgehead atoms. The molecular formula is C34H34BrClN4O4S. The van der Waals surface area contributed by atoms with Crippen molar-refractivity contribution < 1.29 is 19.1 Å². The molecule has 2 fully saturated rings. The second-order valence-electron chi connectivity index (χ2n) is 11.6. The number of alkyl carbamates (subject to hydrolysis) is 1. The number of hydrogen-bond acceptors (Lipinski definition) is 5. The number of piperidine rings is 1. The summed E-state index contributed by atoms with van der Waals surface area (Å²) in [7, 11) is 1.53. The number of aromatic nitrogens is 1. The molecule has 1 aromatic heterocycles. The quantitative estimate of drug-likeness (QED) is 0.211. The van der Waals surface area contributed by atoms with Gasteiger partial charge in [-0.1, -0.05) is 63.4 Å². The Morgan fingerprint density at radius 1 is 1.09 bits per heavy atom. The van der Waals surface area contributed by atoms with E-state index in [-0.39, 0.29) is 24.3 Å². The van der Waals surface area contributed by atoms with Crippen molar-refractivity contribution in [3.63, 3.8) is 0 Å². The van der Waals surface area contributed by atoms with Crippen LogP contribution in [0.2, 0.25) is 5.02 Å². The first-order valence-electron chi connectivity index (χ1n) is 14.9. The van der Waals surface area contributed by atoms with Crippen LogP contribution in [0, 0.1) is 6.92 Å². The first-order chi connectivity index (χ1) is 21.7. The first kappa shape index (κ1) is 31.5. The van der Waals surface area contributed by atoms with Crippen molar-refractivity contribution in [2.24, 2.45) is 0 Å². The van der Waals surface area contributed by atoms with Gasteiger partial charge in [0.05, 0.1) is 12.5 Å². The van der Waals surface area contributed by atoms with Crippen LogP contribution in [0.25, 0.3) is 10.9 Å². The van der Waals surface area contributed by atoms with Gasteiger partial charge in [-0.3, -0.25) is 9.59 Å². The predicted molar refractivity (Wildman–Crippen MR) is 180 cm³/mol. The Morgan fingerprint density at radius 3 is 2.49 bits per heavy atom. The molecule has 3 heterocycles. The number of halogens is 2. The highest BCUT2D eigenvalue weighted by Gasteiger charge is 2.60. The third-order valence-electron chi connectivity index (χ3n) is 8.61. The zero-order valence-electron chi connectivity index (χ0n) is 25.0. The number of carbonyl (C=O) groups is 3. The van der Waals surface area contributed by atoms with E-state index in [0.29, 0.717) is 37.5 Å². The average Bonchev–Trinajstić information content (AvgIpc) is 3.56. The Hall–Kier alpha value is -3.47. The van der Waals surface area contributed by atoms with Gasteiger partial charge in [0.15, 0.2) is 0 Å². The smallest absolute Gasteiger partial charge is 0.407 e. The molecular weight excluding hydrogens is 676 g/mol. The summed E-state index contributed by atoms with van der Waals surface area (Å²) in [5, 5.41) is 4.01. The Bertz CT molecular complexity index is 1720. The van der Waals surface area contributed by atoms with Gasteiger partial charge in [-0.05, 0) is 48.9 Å². The largest absolute Gasteiger partial charge is 0.446 e. The van der Waals surface area contributed by atoms with Gasteiger partial charge in [0, 0.05) is 76.6 Å². The molecule has 2 aliphatic heterocycles. The molecule has 0 radical (unpaired) electrons. The van der Waals surface area contributed by atoms with Crippen molar-refractivity contribution in [1.82, 2.24) is 20.1 Å². The third kappa shape index (κ3) is 6.46. The maximum absolute atomic E-state index is 15.0. The van der Waals surface area contributed by atoms with E-state index in [9.17, 15) is 9.59 Å². The van der Waals surface area contributed by atoms with Gasteiger partial charge in [0.25, 0.3) is 0 Å². The van der Waals surface area contributed by atoms with E-state index in [1.54, 1.807) is 0 Å². The van der Waals surface area contributed by atoms with Gasteiger partial charge in [0.1, 0.15) is 10.9 Å². The minimum atomic E-state index is -1.16. The number of thioether (sulfide) groups is 1. The molecule has 45 heavy (non-hydrogen) atoms. The van der Waals surface area contributed by atoms with Gasteiger partial charge in [-0.2, -0.15) is 0 Å². The molecule has 3 aromatic carbocycles. The number of carbonyl (C=O) groups excluding carboxylic acids is 3. The summed E-state index contributed by atoms with van der Waals surface area (Å²) in [6.07, 6.45) is 2.26. The molecule has 2 aliphatic rings. The van der Waals surface area contributed by atoms with Crippen LogP contribution >= 0.6 is 39.3 Å². The number of rotatable bonds is 7. The van der Waals surface area contributed by atoms with Crippen LogP contribution in [0.1, 0.15) is 42.0 Å². The fraction of sp³-hybridized carbons (Fsp3) is 0.324. The summed E-state index contributed by atoms with van der Waals surface area (Å²) < 4.78 is 5.29. The van der Waals surface area contributed by atoms with Crippen LogP contribution in [0.15, 0.2) is 82.3 Å². The summed E-state index contributed by atoms with van der Waals surface area (Å²) >= 11 is 11.3. The first-order valence-corrected chi connectivity index (χ1v) is 16.9.